The molecule has 1 atom stereocenters. The van der Waals surface area contributed by atoms with Gasteiger partial charge in [-0.2, -0.15) is 0 Å². The highest BCUT2D eigenvalue weighted by Crippen LogP contribution is 2.29. The minimum atomic E-state index is 0.354. The summed E-state index contributed by atoms with van der Waals surface area (Å²) >= 11 is 0. The zero-order valence-corrected chi connectivity index (χ0v) is 12.0. The second kappa shape index (κ2) is 6.21. The summed E-state index contributed by atoms with van der Waals surface area (Å²) < 4.78 is 0. The smallest absolute Gasteiger partial charge is 0.0602 e. The zero-order chi connectivity index (χ0) is 13.8. The van der Waals surface area contributed by atoms with E-state index in [0.29, 0.717) is 6.04 Å². The Kier molecular flexibility index (Phi) is 4.14. The maximum atomic E-state index is 4.47. The Morgan fingerprint density at radius 3 is 2.10 bits per heavy atom. The van der Waals surface area contributed by atoms with Crippen LogP contribution in [0.1, 0.15) is 22.7 Å². The topological polar surface area (TPSA) is 17.3 Å². The van der Waals surface area contributed by atoms with Crippen molar-refractivity contribution in [3.8, 4) is 0 Å². The SMILES string of the molecule is Cc1ccc(C(c2ccccc2)N2CC[N]CC2)cc1. The molecule has 1 unspecified atom stereocenters. The molecule has 2 aromatic rings. The number of hydrogen-bond acceptors (Lipinski definition) is 1. The summed E-state index contributed by atoms with van der Waals surface area (Å²) in [6.45, 7) is 6.15. The zero-order valence-electron chi connectivity index (χ0n) is 12.0. The van der Waals surface area contributed by atoms with Crippen LogP contribution in [0, 0.1) is 6.92 Å². The highest BCUT2D eigenvalue weighted by Gasteiger charge is 2.23. The van der Waals surface area contributed by atoms with Gasteiger partial charge in [0, 0.05) is 26.2 Å². The largest absolute Gasteiger partial charge is 0.290 e. The van der Waals surface area contributed by atoms with Crippen LogP contribution in [0.3, 0.4) is 0 Å². The number of rotatable bonds is 3. The third-order valence-corrected chi connectivity index (χ3v) is 3.96. The predicted molar refractivity (Wildman–Crippen MR) is 82.9 cm³/mol. The van der Waals surface area contributed by atoms with Crippen molar-refractivity contribution in [2.75, 3.05) is 26.2 Å². The molecule has 3 rings (SSSR count). The van der Waals surface area contributed by atoms with E-state index in [9.17, 15) is 0 Å². The fourth-order valence-corrected chi connectivity index (χ4v) is 2.88. The molecular weight excluding hydrogens is 244 g/mol. The number of hydrogen-bond donors (Lipinski definition) is 0. The molecule has 2 aromatic carbocycles. The van der Waals surface area contributed by atoms with Crippen molar-refractivity contribution in [3.63, 3.8) is 0 Å². The molecule has 1 fully saturated rings. The van der Waals surface area contributed by atoms with E-state index in [4.69, 9.17) is 0 Å². The van der Waals surface area contributed by atoms with E-state index in [1.54, 1.807) is 0 Å². The highest BCUT2D eigenvalue weighted by molar-refractivity contribution is 5.33. The number of aryl methyl sites for hydroxylation is 1. The van der Waals surface area contributed by atoms with Gasteiger partial charge >= 0.3 is 0 Å². The Hall–Kier alpha value is -1.64. The minimum absolute atomic E-state index is 0.354. The molecule has 0 N–H and O–H groups in total. The van der Waals surface area contributed by atoms with Crippen LogP contribution < -0.4 is 5.32 Å². The maximum absolute atomic E-state index is 4.47. The van der Waals surface area contributed by atoms with Crippen molar-refractivity contribution in [1.82, 2.24) is 10.2 Å². The van der Waals surface area contributed by atoms with Crippen LogP contribution in [0.5, 0.6) is 0 Å². The second-order valence-electron chi connectivity index (χ2n) is 5.43. The van der Waals surface area contributed by atoms with Gasteiger partial charge in [0.25, 0.3) is 0 Å². The average Bonchev–Trinajstić information content (AvgIpc) is 2.52. The van der Waals surface area contributed by atoms with Crippen LogP contribution in [0.4, 0.5) is 0 Å². The van der Waals surface area contributed by atoms with Gasteiger partial charge in [-0.1, -0.05) is 60.2 Å². The van der Waals surface area contributed by atoms with Crippen LogP contribution in [0.2, 0.25) is 0 Å². The Labute approximate surface area is 121 Å². The molecule has 1 aliphatic heterocycles. The summed E-state index contributed by atoms with van der Waals surface area (Å²) in [7, 11) is 0. The summed E-state index contributed by atoms with van der Waals surface area (Å²) in [6.07, 6.45) is 0. The minimum Gasteiger partial charge on any atom is -0.290 e. The van der Waals surface area contributed by atoms with Crippen molar-refractivity contribution in [3.05, 3.63) is 71.3 Å². The fourth-order valence-electron chi connectivity index (χ4n) is 2.88. The lowest BCUT2D eigenvalue weighted by atomic mass is 9.96. The maximum Gasteiger partial charge on any atom is 0.0602 e. The van der Waals surface area contributed by atoms with Crippen LogP contribution in [0.25, 0.3) is 0 Å². The molecule has 1 heterocycles. The number of benzene rings is 2. The van der Waals surface area contributed by atoms with E-state index in [2.05, 4.69) is 71.7 Å². The first-order valence-corrected chi connectivity index (χ1v) is 7.33. The highest BCUT2D eigenvalue weighted by atomic mass is 15.2. The number of piperazine rings is 1. The fraction of sp³-hybridized carbons (Fsp3) is 0.333. The van der Waals surface area contributed by atoms with Crippen LogP contribution in [-0.2, 0) is 0 Å². The molecular formula is C18H21N2. The van der Waals surface area contributed by atoms with Crippen LogP contribution in [0.15, 0.2) is 54.6 Å². The molecule has 0 amide bonds. The standard InChI is InChI=1S/C18H21N2/c1-15-7-9-17(10-8-15)18(16-5-3-2-4-6-16)20-13-11-19-12-14-20/h2-10,18H,11-14H2,1H3. The average molecular weight is 265 g/mol. The molecule has 0 bridgehead atoms. The lowest BCUT2D eigenvalue weighted by Gasteiger charge is -2.35. The van der Waals surface area contributed by atoms with Gasteiger partial charge in [-0.05, 0) is 18.1 Å². The normalized spacial score (nSPS) is 17.9. The lowest BCUT2D eigenvalue weighted by Crippen LogP contribution is -2.42. The van der Waals surface area contributed by atoms with Gasteiger partial charge in [-0.15, -0.1) is 0 Å². The van der Waals surface area contributed by atoms with E-state index in [1.165, 1.54) is 16.7 Å². The molecule has 1 aliphatic rings. The molecule has 1 saturated heterocycles. The molecule has 1 radical (unpaired) electrons. The molecule has 2 nitrogen and oxygen atoms in total. The molecule has 103 valence electrons. The molecule has 20 heavy (non-hydrogen) atoms. The Morgan fingerprint density at radius 2 is 1.45 bits per heavy atom. The van der Waals surface area contributed by atoms with Crippen LogP contribution >= 0.6 is 0 Å². The monoisotopic (exact) mass is 265 g/mol. The third kappa shape index (κ3) is 2.92. The van der Waals surface area contributed by atoms with Crippen molar-refractivity contribution >= 4 is 0 Å². The first-order valence-electron chi connectivity index (χ1n) is 7.33. The molecule has 2 heteroatoms. The van der Waals surface area contributed by atoms with Gasteiger partial charge < -0.3 is 0 Å². The Morgan fingerprint density at radius 1 is 0.850 bits per heavy atom. The van der Waals surface area contributed by atoms with Gasteiger partial charge in [0.15, 0.2) is 0 Å². The summed E-state index contributed by atoms with van der Waals surface area (Å²) in [5, 5.41) is 4.47. The van der Waals surface area contributed by atoms with E-state index < -0.39 is 0 Å². The summed E-state index contributed by atoms with van der Waals surface area (Å²) in [5.41, 5.74) is 4.07. The van der Waals surface area contributed by atoms with Crippen molar-refractivity contribution in [2.45, 2.75) is 13.0 Å². The summed E-state index contributed by atoms with van der Waals surface area (Å²) in [4.78, 5) is 2.55. The van der Waals surface area contributed by atoms with Gasteiger partial charge in [-0.25, -0.2) is 5.32 Å². The van der Waals surface area contributed by atoms with Crippen LogP contribution in [-0.4, -0.2) is 31.1 Å². The molecule has 0 spiro atoms. The van der Waals surface area contributed by atoms with Crippen molar-refractivity contribution < 1.29 is 0 Å². The Bertz CT molecular complexity index is 527. The van der Waals surface area contributed by atoms with Gasteiger partial charge in [-0.3, -0.25) is 4.90 Å². The molecule has 0 aromatic heterocycles. The number of nitrogens with zero attached hydrogens (tertiary/aromatic N) is 2. The Balaban J connectivity index is 1.96. The third-order valence-electron chi connectivity index (χ3n) is 3.96. The lowest BCUT2D eigenvalue weighted by molar-refractivity contribution is 0.196. The summed E-state index contributed by atoms with van der Waals surface area (Å²) in [5.74, 6) is 0. The predicted octanol–water partition coefficient (Wildman–Crippen LogP) is 3.00. The van der Waals surface area contributed by atoms with E-state index in [-0.39, 0.29) is 0 Å². The van der Waals surface area contributed by atoms with E-state index in [0.717, 1.165) is 26.2 Å². The van der Waals surface area contributed by atoms with Gasteiger partial charge in [0.05, 0.1) is 6.04 Å². The molecule has 0 saturated carbocycles. The summed E-state index contributed by atoms with van der Waals surface area (Å²) in [6, 6.07) is 20.1. The van der Waals surface area contributed by atoms with Crippen molar-refractivity contribution in [1.29, 1.82) is 0 Å². The second-order valence-corrected chi connectivity index (χ2v) is 5.43. The molecule has 0 aliphatic carbocycles. The van der Waals surface area contributed by atoms with E-state index in [1.807, 2.05) is 0 Å². The van der Waals surface area contributed by atoms with Crippen molar-refractivity contribution in [2.24, 2.45) is 0 Å². The first-order chi connectivity index (χ1) is 9.84. The quantitative estimate of drug-likeness (QED) is 0.834. The first kappa shape index (κ1) is 13.3. The van der Waals surface area contributed by atoms with Gasteiger partial charge in [0.1, 0.15) is 0 Å². The van der Waals surface area contributed by atoms with E-state index >= 15 is 0 Å². The van der Waals surface area contributed by atoms with Gasteiger partial charge in [0.2, 0.25) is 0 Å².